The minimum atomic E-state index is 0.621. The highest BCUT2D eigenvalue weighted by atomic mass is 127. The van der Waals surface area contributed by atoms with E-state index in [1.165, 1.54) is 3.57 Å². The lowest BCUT2D eigenvalue weighted by Crippen LogP contribution is -1.77. The van der Waals surface area contributed by atoms with Crippen molar-refractivity contribution in [2.45, 2.75) is 6.92 Å². The van der Waals surface area contributed by atoms with Gasteiger partial charge in [0.1, 0.15) is 0 Å². The first-order chi connectivity index (χ1) is 4.20. The van der Waals surface area contributed by atoms with E-state index in [0.717, 1.165) is 5.56 Å². The molecule has 1 rings (SSSR count). The molecule has 0 unspecified atom stereocenters. The quantitative estimate of drug-likeness (QED) is 0.613. The van der Waals surface area contributed by atoms with E-state index in [-0.39, 0.29) is 0 Å². The molecule has 0 aliphatic heterocycles. The third-order valence-electron chi connectivity index (χ3n) is 1.19. The van der Waals surface area contributed by atoms with Gasteiger partial charge in [0, 0.05) is 3.57 Å². The summed E-state index contributed by atoms with van der Waals surface area (Å²) in [7, 11) is 0. The molecule has 0 saturated heterocycles. The molecule has 1 nitrogen and oxygen atoms in total. The standard InChI is InChI=1S/C7H7IN/c1-5-4-6(8)2-3-7(5)9/h2-4,9H,1H3. The van der Waals surface area contributed by atoms with Gasteiger partial charge in [0.2, 0.25) is 0 Å². The SMILES string of the molecule is Cc1cc(I)ccc1[NH]. The van der Waals surface area contributed by atoms with Crippen molar-refractivity contribution in [3.63, 3.8) is 0 Å². The monoisotopic (exact) mass is 232 g/mol. The van der Waals surface area contributed by atoms with Crippen molar-refractivity contribution in [1.29, 1.82) is 0 Å². The zero-order chi connectivity index (χ0) is 6.85. The maximum absolute atomic E-state index is 7.31. The number of hydrogen-bond acceptors (Lipinski definition) is 0. The topological polar surface area (TPSA) is 23.8 Å². The smallest absolute Gasteiger partial charge is 0.0569 e. The number of nitrogens with one attached hydrogen (secondary N) is 1. The summed E-state index contributed by atoms with van der Waals surface area (Å²) in [5.74, 6) is 0. The number of rotatable bonds is 0. The van der Waals surface area contributed by atoms with E-state index in [2.05, 4.69) is 22.6 Å². The lowest BCUT2D eigenvalue weighted by molar-refractivity contribution is 1.36. The van der Waals surface area contributed by atoms with Crippen LogP contribution in [0.4, 0.5) is 5.69 Å². The Morgan fingerprint density at radius 1 is 1.44 bits per heavy atom. The molecule has 1 aromatic rings. The Labute approximate surface area is 68.4 Å². The second-order valence-electron chi connectivity index (χ2n) is 1.96. The van der Waals surface area contributed by atoms with Crippen LogP contribution < -0.4 is 5.73 Å². The third kappa shape index (κ3) is 1.58. The van der Waals surface area contributed by atoms with Crippen molar-refractivity contribution < 1.29 is 0 Å². The first kappa shape index (κ1) is 6.86. The van der Waals surface area contributed by atoms with Gasteiger partial charge in [0.05, 0.1) is 5.69 Å². The molecule has 0 aliphatic rings. The van der Waals surface area contributed by atoms with Crippen LogP contribution in [-0.4, -0.2) is 0 Å². The van der Waals surface area contributed by atoms with Gasteiger partial charge in [0.25, 0.3) is 0 Å². The van der Waals surface area contributed by atoms with Crippen LogP contribution in [0.15, 0.2) is 18.2 Å². The third-order valence-corrected chi connectivity index (χ3v) is 1.86. The highest BCUT2D eigenvalue weighted by Crippen LogP contribution is 2.14. The van der Waals surface area contributed by atoms with Gasteiger partial charge >= 0.3 is 0 Å². The molecule has 1 aromatic carbocycles. The summed E-state index contributed by atoms with van der Waals surface area (Å²) in [6.45, 7) is 1.95. The molecule has 1 radical (unpaired) electrons. The van der Waals surface area contributed by atoms with E-state index in [0.29, 0.717) is 5.69 Å². The minimum Gasteiger partial charge on any atom is -0.301 e. The first-order valence-electron chi connectivity index (χ1n) is 2.68. The van der Waals surface area contributed by atoms with E-state index >= 15 is 0 Å². The van der Waals surface area contributed by atoms with E-state index in [9.17, 15) is 0 Å². The van der Waals surface area contributed by atoms with E-state index in [1.54, 1.807) is 0 Å². The van der Waals surface area contributed by atoms with Crippen molar-refractivity contribution >= 4 is 28.3 Å². The molecular formula is C7H7IN. The van der Waals surface area contributed by atoms with Gasteiger partial charge in [-0.15, -0.1) is 0 Å². The molecule has 0 bridgehead atoms. The summed E-state index contributed by atoms with van der Waals surface area (Å²) in [6, 6.07) is 5.76. The Kier molecular flexibility index (Phi) is 1.95. The molecule has 0 aliphatic carbocycles. The lowest BCUT2D eigenvalue weighted by atomic mass is 10.2. The van der Waals surface area contributed by atoms with Crippen LogP contribution in [0.5, 0.6) is 0 Å². The van der Waals surface area contributed by atoms with Crippen LogP contribution in [0.25, 0.3) is 0 Å². The molecule has 0 amide bonds. The van der Waals surface area contributed by atoms with Gasteiger partial charge in [-0.05, 0) is 53.3 Å². The molecular weight excluding hydrogens is 225 g/mol. The maximum atomic E-state index is 7.31. The molecule has 0 atom stereocenters. The largest absolute Gasteiger partial charge is 0.301 e. The van der Waals surface area contributed by atoms with Crippen LogP contribution in [0, 0.1) is 10.5 Å². The number of aryl methyl sites for hydroxylation is 1. The fraction of sp³-hybridized carbons (Fsp3) is 0.143. The number of hydrogen-bond donors (Lipinski definition) is 0. The molecule has 2 heteroatoms. The molecule has 0 saturated carbocycles. The van der Waals surface area contributed by atoms with Crippen LogP contribution in [0.2, 0.25) is 0 Å². The van der Waals surface area contributed by atoms with Gasteiger partial charge in [-0.25, -0.2) is 0 Å². The molecule has 47 valence electrons. The second-order valence-corrected chi connectivity index (χ2v) is 3.20. The Bertz CT molecular complexity index is 220. The Morgan fingerprint density at radius 2 is 2.11 bits per heavy atom. The van der Waals surface area contributed by atoms with Crippen LogP contribution >= 0.6 is 22.6 Å². The van der Waals surface area contributed by atoms with Crippen molar-refractivity contribution in [3.8, 4) is 0 Å². The summed E-state index contributed by atoms with van der Waals surface area (Å²) in [4.78, 5) is 0. The van der Waals surface area contributed by atoms with Gasteiger partial charge < -0.3 is 5.73 Å². The molecule has 1 N–H and O–H groups in total. The van der Waals surface area contributed by atoms with E-state index < -0.39 is 0 Å². The van der Waals surface area contributed by atoms with E-state index in [1.807, 2.05) is 25.1 Å². The highest BCUT2D eigenvalue weighted by Gasteiger charge is 1.91. The normalized spacial score (nSPS) is 9.56. The second kappa shape index (κ2) is 2.56. The molecule has 9 heavy (non-hydrogen) atoms. The predicted octanol–water partition coefficient (Wildman–Crippen LogP) is 2.51. The fourth-order valence-corrected chi connectivity index (χ4v) is 1.27. The summed E-state index contributed by atoms with van der Waals surface area (Å²) >= 11 is 2.24. The maximum Gasteiger partial charge on any atom is 0.0569 e. The highest BCUT2D eigenvalue weighted by molar-refractivity contribution is 14.1. The summed E-state index contributed by atoms with van der Waals surface area (Å²) in [5, 5.41) is 0. The summed E-state index contributed by atoms with van der Waals surface area (Å²) in [6.07, 6.45) is 0. The van der Waals surface area contributed by atoms with Gasteiger partial charge in [-0.3, -0.25) is 0 Å². The average molecular weight is 232 g/mol. The van der Waals surface area contributed by atoms with Gasteiger partial charge in [-0.2, -0.15) is 0 Å². The summed E-state index contributed by atoms with van der Waals surface area (Å²) < 4.78 is 1.20. The van der Waals surface area contributed by atoms with Gasteiger partial charge in [-0.1, -0.05) is 0 Å². The zero-order valence-electron chi connectivity index (χ0n) is 5.11. The average Bonchev–Trinajstić information content (AvgIpc) is 1.80. The lowest BCUT2D eigenvalue weighted by Gasteiger charge is -1.96. The zero-order valence-corrected chi connectivity index (χ0v) is 7.27. The number of halogens is 1. The fourth-order valence-electron chi connectivity index (χ4n) is 0.627. The van der Waals surface area contributed by atoms with Crippen molar-refractivity contribution in [1.82, 2.24) is 5.73 Å². The minimum absolute atomic E-state index is 0.621. The predicted molar refractivity (Wildman–Crippen MR) is 46.7 cm³/mol. The first-order valence-corrected chi connectivity index (χ1v) is 3.76. The molecule has 0 fully saturated rings. The van der Waals surface area contributed by atoms with Crippen molar-refractivity contribution in [2.24, 2.45) is 0 Å². The summed E-state index contributed by atoms with van der Waals surface area (Å²) in [5.41, 5.74) is 8.98. The van der Waals surface area contributed by atoms with Crippen LogP contribution in [0.1, 0.15) is 5.56 Å². The number of benzene rings is 1. The Balaban J connectivity index is 3.17. The van der Waals surface area contributed by atoms with Gasteiger partial charge in [0.15, 0.2) is 0 Å². The molecule has 0 spiro atoms. The van der Waals surface area contributed by atoms with Crippen molar-refractivity contribution in [3.05, 3.63) is 27.3 Å². The Hall–Kier alpha value is -0.250. The molecule has 0 aromatic heterocycles. The molecule has 0 heterocycles. The van der Waals surface area contributed by atoms with E-state index in [4.69, 9.17) is 5.73 Å². The van der Waals surface area contributed by atoms with Crippen molar-refractivity contribution in [2.75, 3.05) is 0 Å². The van der Waals surface area contributed by atoms with Crippen LogP contribution in [-0.2, 0) is 0 Å². The van der Waals surface area contributed by atoms with Crippen LogP contribution in [0.3, 0.4) is 0 Å². The Morgan fingerprint density at radius 3 is 2.56 bits per heavy atom.